The van der Waals surface area contributed by atoms with Gasteiger partial charge in [-0.15, -0.1) is 0 Å². The van der Waals surface area contributed by atoms with Gasteiger partial charge in [-0.25, -0.2) is 9.18 Å². The number of piperidine rings is 1. The normalized spacial score (nSPS) is 15.6. The van der Waals surface area contributed by atoms with Crippen molar-refractivity contribution < 1.29 is 13.9 Å². The molecular formula is C19H24FN3O2. The fourth-order valence-electron chi connectivity index (χ4n) is 3.15. The van der Waals surface area contributed by atoms with Crippen LogP contribution in [-0.2, 0) is 4.74 Å². The third-order valence-corrected chi connectivity index (χ3v) is 4.35. The standard InChI is InChI=1S/C19H24FN3O2/c1-12(2)25-19(24)23-8-6-15(7-9-23)22-18-10-13(3)21-17-5-4-14(20)11-16(17)18/h4-5,10-12,15H,6-9H2,1-3H3,(H,21,22). The van der Waals surface area contributed by atoms with Crippen LogP contribution in [0.3, 0.4) is 0 Å². The highest BCUT2D eigenvalue weighted by Gasteiger charge is 2.24. The van der Waals surface area contributed by atoms with E-state index in [1.807, 2.05) is 26.8 Å². The van der Waals surface area contributed by atoms with Crippen LogP contribution in [0.25, 0.3) is 10.9 Å². The number of benzene rings is 1. The van der Waals surface area contributed by atoms with Crippen molar-refractivity contribution in [2.24, 2.45) is 0 Å². The Labute approximate surface area is 147 Å². The molecule has 3 rings (SSSR count). The summed E-state index contributed by atoms with van der Waals surface area (Å²) in [5, 5.41) is 4.29. The zero-order valence-corrected chi connectivity index (χ0v) is 14.9. The van der Waals surface area contributed by atoms with E-state index >= 15 is 0 Å². The van der Waals surface area contributed by atoms with Crippen molar-refractivity contribution >= 4 is 22.7 Å². The highest BCUT2D eigenvalue weighted by atomic mass is 19.1. The van der Waals surface area contributed by atoms with Crippen LogP contribution in [0.15, 0.2) is 24.3 Å². The van der Waals surface area contributed by atoms with E-state index < -0.39 is 0 Å². The van der Waals surface area contributed by atoms with Crippen molar-refractivity contribution in [2.75, 3.05) is 18.4 Å². The molecule has 0 aliphatic carbocycles. The molecule has 5 nitrogen and oxygen atoms in total. The quantitative estimate of drug-likeness (QED) is 0.910. The van der Waals surface area contributed by atoms with Gasteiger partial charge in [-0.1, -0.05) is 0 Å². The molecule has 2 aromatic rings. The van der Waals surface area contributed by atoms with Crippen molar-refractivity contribution in [1.82, 2.24) is 9.88 Å². The van der Waals surface area contributed by atoms with Gasteiger partial charge in [-0.05, 0) is 57.9 Å². The number of nitrogens with one attached hydrogen (secondary N) is 1. The molecule has 134 valence electrons. The predicted molar refractivity (Wildman–Crippen MR) is 96.3 cm³/mol. The van der Waals surface area contributed by atoms with E-state index in [2.05, 4.69) is 10.3 Å². The first-order chi connectivity index (χ1) is 11.9. The molecule has 2 heterocycles. The summed E-state index contributed by atoms with van der Waals surface area (Å²) in [7, 11) is 0. The third kappa shape index (κ3) is 4.18. The van der Waals surface area contributed by atoms with Crippen molar-refractivity contribution in [2.45, 2.75) is 45.8 Å². The maximum absolute atomic E-state index is 13.6. The summed E-state index contributed by atoms with van der Waals surface area (Å²) in [6.07, 6.45) is 1.29. The number of halogens is 1. The molecule has 1 aromatic heterocycles. The van der Waals surface area contributed by atoms with Crippen molar-refractivity contribution in [3.8, 4) is 0 Å². The lowest BCUT2D eigenvalue weighted by Crippen LogP contribution is -2.43. The number of fused-ring (bicyclic) bond motifs is 1. The molecule has 1 fully saturated rings. The number of carbonyl (C=O) groups is 1. The van der Waals surface area contributed by atoms with E-state index in [-0.39, 0.29) is 24.1 Å². The van der Waals surface area contributed by atoms with Gasteiger partial charge in [0.25, 0.3) is 0 Å². The summed E-state index contributed by atoms with van der Waals surface area (Å²) in [5.41, 5.74) is 2.56. The molecule has 6 heteroatoms. The fraction of sp³-hybridized carbons (Fsp3) is 0.474. The van der Waals surface area contributed by atoms with Gasteiger partial charge in [0.2, 0.25) is 0 Å². The second kappa shape index (κ2) is 7.25. The van der Waals surface area contributed by atoms with E-state index in [1.54, 1.807) is 11.0 Å². The number of amides is 1. The maximum atomic E-state index is 13.6. The molecular weight excluding hydrogens is 321 g/mol. The van der Waals surface area contributed by atoms with E-state index in [4.69, 9.17) is 4.74 Å². The molecule has 1 saturated heterocycles. The first-order valence-corrected chi connectivity index (χ1v) is 8.71. The van der Waals surface area contributed by atoms with Gasteiger partial charge in [-0.3, -0.25) is 4.98 Å². The Hall–Kier alpha value is -2.37. The number of rotatable bonds is 3. The van der Waals surface area contributed by atoms with Gasteiger partial charge in [0.05, 0.1) is 11.6 Å². The third-order valence-electron chi connectivity index (χ3n) is 4.35. The minimum absolute atomic E-state index is 0.107. The summed E-state index contributed by atoms with van der Waals surface area (Å²) in [6.45, 7) is 6.93. The maximum Gasteiger partial charge on any atom is 0.410 e. The Morgan fingerprint density at radius 1 is 1.32 bits per heavy atom. The molecule has 1 aliphatic heterocycles. The monoisotopic (exact) mass is 345 g/mol. The number of likely N-dealkylation sites (tertiary alicyclic amines) is 1. The second-order valence-corrected chi connectivity index (χ2v) is 6.81. The Bertz CT molecular complexity index is 771. The van der Waals surface area contributed by atoms with E-state index in [0.717, 1.165) is 35.1 Å². The zero-order chi connectivity index (χ0) is 18.0. The molecule has 0 spiro atoms. The number of hydrogen-bond donors (Lipinski definition) is 1. The lowest BCUT2D eigenvalue weighted by atomic mass is 10.0. The second-order valence-electron chi connectivity index (χ2n) is 6.81. The highest BCUT2D eigenvalue weighted by molar-refractivity contribution is 5.91. The number of ether oxygens (including phenoxy) is 1. The van der Waals surface area contributed by atoms with Crippen molar-refractivity contribution in [1.29, 1.82) is 0 Å². The summed E-state index contributed by atoms with van der Waals surface area (Å²) < 4.78 is 18.9. The molecule has 0 bridgehead atoms. The molecule has 0 radical (unpaired) electrons. The number of nitrogens with zero attached hydrogens (tertiary/aromatic N) is 2. The molecule has 1 amide bonds. The molecule has 25 heavy (non-hydrogen) atoms. The fourth-order valence-corrected chi connectivity index (χ4v) is 3.15. The summed E-state index contributed by atoms with van der Waals surface area (Å²) in [4.78, 5) is 18.2. The molecule has 1 N–H and O–H groups in total. The summed E-state index contributed by atoms with van der Waals surface area (Å²) in [6, 6.07) is 6.82. The highest BCUT2D eigenvalue weighted by Crippen LogP contribution is 2.26. The van der Waals surface area contributed by atoms with E-state index in [0.29, 0.717) is 13.1 Å². The smallest absolute Gasteiger partial charge is 0.410 e. The molecule has 1 aromatic carbocycles. The van der Waals surface area contributed by atoms with Gasteiger partial charge in [-0.2, -0.15) is 0 Å². The van der Waals surface area contributed by atoms with Crippen LogP contribution in [0.4, 0.5) is 14.9 Å². The van der Waals surface area contributed by atoms with Crippen LogP contribution in [-0.4, -0.2) is 41.2 Å². The van der Waals surface area contributed by atoms with Gasteiger partial charge in [0, 0.05) is 35.9 Å². The van der Waals surface area contributed by atoms with Crippen LogP contribution >= 0.6 is 0 Å². The molecule has 0 unspecified atom stereocenters. The Morgan fingerprint density at radius 3 is 2.72 bits per heavy atom. The number of aromatic nitrogens is 1. The van der Waals surface area contributed by atoms with Crippen molar-refractivity contribution in [3.05, 3.63) is 35.8 Å². The predicted octanol–water partition coefficient (Wildman–Crippen LogP) is 4.10. The minimum Gasteiger partial charge on any atom is -0.447 e. The Balaban J connectivity index is 1.69. The average molecular weight is 345 g/mol. The van der Waals surface area contributed by atoms with E-state index in [1.165, 1.54) is 12.1 Å². The van der Waals surface area contributed by atoms with Gasteiger partial charge >= 0.3 is 6.09 Å². The number of anilines is 1. The summed E-state index contributed by atoms with van der Waals surface area (Å²) in [5.74, 6) is -0.271. The van der Waals surface area contributed by atoms with E-state index in [9.17, 15) is 9.18 Å². The largest absolute Gasteiger partial charge is 0.447 e. The number of hydrogen-bond acceptors (Lipinski definition) is 4. The number of pyridine rings is 1. The number of carbonyl (C=O) groups excluding carboxylic acids is 1. The van der Waals surface area contributed by atoms with Crippen LogP contribution in [0.2, 0.25) is 0 Å². The molecule has 0 saturated carbocycles. The van der Waals surface area contributed by atoms with Gasteiger partial charge in [0.15, 0.2) is 0 Å². The van der Waals surface area contributed by atoms with Crippen molar-refractivity contribution in [3.63, 3.8) is 0 Å². The first kappa shape index (κ1) is 17.5. The lowest BCUT2D eigenvalue weighted by Gasteiger charge is -2.33. The first-order valence-electron chi connectivity index (χ1n) is 8.71. The van der Waals surface area contributed by atoms with Gasteiger partial charge < -0.3 is 15.0 Å². The molecule has 0 atom stereocenters. The SMILES string of the molecule is Cc1cc(NC2CCN(C(=O)OC(C)C)CC2)c2cc(F)ccc2n1. The number of aryl methyl sites for hydroxylation is 1. The van der Waals surface area contributed by atoms with Crippen LogP contribution in [0, 0.1) is 12.7 Å². The van der Waals surface area contributed by atoms with Crippen LogP contribution in [0.5, 0.6) is 0 Å². The summed E-state index contributed by atoms with van der Waals surface area (Å²) >= 11 is 0. The Morgan fingerprint density at radius 2 is 2.04 bits per heavy atom. The topological polar surface area (TPSA) is 54.5 Å². The average Bonchev–Trinajstić information content (AvgIpc) is 2.55. The van der Waals surface area contributed by atoms with Gasteiger partial charge in [0.1, 0.15) is 5.82 Å². The molecule has 1 aliphatic rings. The zero-order valence-electron chi connectivity index (χ0n) is 14.9. The van der Waals surface area contributed by atoms with Crippen LogP contribution in [0.1, 0.15) is 32.4 Å². The van der Waals surface area contributed by atoms with Crippen LogP contribution < -0.4 is 5.32 Å². The minimum atomic E-state index is -0.271. The lowest BCUT2D eigenvalue weighted by molar-refractivity contribution is 0.0701. The Kier molecular flexibility index (Phi) is 5.06.